The Bertz CT molecular complexity index is 721. The van der Waals surface area contributed by atoms with Crippen LogP contribution < -0.4 is 15.0 Å². The monoisotopic (exact) mass is 431 g/mol. The summed E-state index contributed by atoms with van der Waals surface area (Å²) in [6.45, 7) is 5.05. The molecule has 1 aromatic rings. The topological polar surface area (TPSA) is 66.4 Å². The normalized spacial score (nSPS) is 34.8. The smallest absolute Gasteiger partial charge is 0.176 e. The van der Waals surface area contributed by atoms with Gasteiger partial charge in [-0.25, -0.2) is 0 Å². The number of benzene rings is 1. The Hall–Kier alpha value is -1.38. The van der Waals surface area contributed by atoms with E-state index < -0.39 is 6.10 Å². The maximum atomic E-state index is 11.4. The standard InChI is InChI=1S/C24H37N3O4/c1-29-19-10-6-5-9-18(19)26-11-13-27(14-12-26)22-23(28)21(20-16-30-24(22)31-20)25-15-17-7-3-2-4-8-17/h5-6,9-10,17,20-25,28H,2-4,7-8,11-16H2,1H3. The van der Waals surface area contributed by atoms with Crippen molar-refractivity contribution in [2.24, 2.45) is 5.92 Å². The highest BCUT2D eigenvalue weighted by Crippen LogP contribution is 2.34. The first-order valence-electron chi connectivity index (χ1n) is 12.0. The number of anilines is 1. The SMILES string of the molecule is COc1ccccc1N1CCN(C2C3OCC(O3)C(NCC3CCCCC3)C2O)CC1. The van der Waals surface area contributed by atoms with Gasteiger partial charge in [0, 0.05) is 26.2 Å². The second-order valence-electron chi connectivity index (χ2n) is 9.49. The van der Waals surface area contributed by atoms with Crippen molar-refractivity contribution in [3.8, 4) is 5.75 Å². The minimum Gasteiger partial charge on any atom is -0.495 e. The molecule has 0 amide bonds. The van der Waals surface area contributed by atoms with Gasteiger partial charge in [0.25, 0.3) is 0 Å². The molecule has 172 valence electrons. The molecule has 1 saturated carbocycles. The summed E-state index contributed by atoms with van der Waals surface area (Å²) in [6, 6.07) is 8.00. The van der Waals surface area contributed by atoms with Crippen LogP contribution in [0.25, 0.3) is 0 Å². The lowest BCUT2D eigenvalue weighted by molar-refractivity contribution is -0.183. The molecule has 5 rings (SSSR count). The number of aliphatic hydroxyl groups excluding tert-OH is 1. The molecule has 4 fully saturated rings. The number of hydrogen-bond donors (Lipinski definition) is 2. The third kappa shape index (κ3) is 4.44. The van der Waals surface area contributed by atoms with Gasteiger partial charge in [0.1, 0.15) is 11.9 Å². The number of hydrogen-bond acceptors (Lipinski definition) is 7. The Labute approximate surface area is 185 Å². The van der Waals surface area contributed by atoms with E-state index in [9.17, 15) is 5.11 Å². The summed E-state index contributed by atoms with van der Waals surface area (Å²) in [7, 11) is 1.72. The van der Waals surface area contributed by atoms with Crippen molar-refractivity contribution < 1.29 is 19.3 Å². The van der Waals surface area contributed by atoms with Crippen LogP contribution in [-0.2, 0) is 9.47 Å². The lowest BCUT2D eigenvalue weighted by atomic mass is 9.88. The lowest BCUT2D eigenvalue weighted by Gasteiger charge is -2.47. The predicted octanol–water partition coefficient (Wildman–Crippen LogP) is 1.84. The molecule has 3 aliphatic heterocycles. The van der Waals surface area contributed by atoms with Crippen molar-refractivity contribution >= 4 is 5.69 Å². The third-order valence-electron chi connectivity index (χ3n) is 7.66. The minimum atomic E-state index is -0.479. The van der Waals surface area contributed by atoms with E-state index in [1.165, 1.54) is 32.1 Å². The zero-order chi connectivity index (χ0) is 21.2. The first-order chi connectivity index (χ1) is 15.2. The van der Waals surface area contributed by atoms with Crippen LogP contribution in [0.5, 0.6) is 5.75 Å². The van der Waals surface area contributed by atoms with Gasteiger partial charge in [0.2, 0.25) is 0 Å². The zero-order valence-corrected chi connectivity index (χ0v) is 18.6. The highest BCUT2D eigenvalue weighted by Gasteiger charge is 2.52. The van der Waals surface area contributed by atoms with Crippen LogP contribution in [-0.4, -0.2) is 87.0 Å². The van der Waals surface area contributed by atoms with E-state index in [1.807, 2.05) is 12.1 Å². The number of nitrogens with one attached hydrogen (secondary N) is 1. The first kappa shape index (κ1) is 21.5. The number of aliphatic hydroxyl groups is 1. The van der Waals surface area contributed by atoms with E-state index in [0.717, 1.165) is 50.1 Å². The Kier molecular flexibility index (Phi) is 6.67. The predicted molar refractivity (Wildman–Crippen MR) is 120 cm³/mol. The van der Waals surface area contributed by atoms with Crippen molar-refractivity contribution in [1.82, 2.24) is 10.2 Å². The largest absolute Gasteiger partial charge is 0.495 e. The molecule has 0 spiro atoms. The van der Waals surface area contributed by atoms with Gasteiger partial charge in [-0.1, -0.05) is 31.4 Å². The Balaban J connectivity index is 1.21. The first-order valence-corrected chi connectivity index (χ1v) is 12.0. The molecule has 5 unspecified atom stereocenters. The third-order valence-corrected chi connectivity index (χ3v) is 7.66. The lowest BCUT2D eigenvalue weighted by Crippen LogP contribution is -2.67. The van der Waals surface area contributed by atoms with E-state index in [2.05, 4.69) is 27.2 Å². The van der Waals surface area contributed by atoms with Gasteiger partial charge >= 0.3 is 0 Å². The molecular weight excluding hydrogens is 394 g/mol. The van der Waals surface area contributed by atoms with Gasteiger partial charge < -0.3 is 29.5 Å². The van der Waals surface area contributed by atoms with E-state index in [1.54, 1.807) is 7.11 Å². The Morgan fingerprint density at radius 2 is 1.87 bits per heavy atom. The number of para-hydroxylation sites is 2. The van der Waals surface area contributed by atoms with Crippen LogP contribution in [0.4, 0.5) is 5.69 Å². The molecule has 0 aromatic heterocycles. The van der Waals surface area contributed by atoms with Crippen LogP contribution in [0, 0.1) is 5.92 Å². The summed E-state index contributed by atoms with van der Waals surface area (Å²) in [5, 5.41) is 15.0. The van der Waals surface area contributed by atoms with E-state index in [4.69, 9.17) is 14.2 Å². The maximum absolute atomic E-state index is 11.4. The van der Waals surface area contributed by atoms with Crippen molar-refractivity contribution in [1.29, 1.82) is 0 Å². The summed E-state index contributed by atoms with van der Waals surface area (Å²) in [6.07, 6.45) is 5.79. The Morgan fingerprint density at radius 1 is 1.10 bits per heavy atom. The quantitative estimate of drug-likeness (QED) is 0.713. The average Bonchev–Trinajstić information content (AvgIpc) is 3.25. The number of fused-ring (bicyclic) bond motifs is 2. The van der Waals surface area contributed by atoms with E-state index >= 15 is 0 Å². The molecule has 3 heterocycles. The fourth-order valence-electron chi connectivity index (χ4n) is 5.89. The molecule has 2 bridgehead atoms. The highest BCUT2D eigenvalue weighted by molar-refractivity contribution is 5.58. The molecular formula is C24H37N3O4. The minimum absolute atomic E-state index is 0.0466. The molecule has 3 saturated heterocycles. The molecule has 1 aromatic carbocycles. The number of ether oxygens (including phenoxy) is 3. The molecule has 7 heteroatoms. The number of methoxy groups -OCH3 is 1. The van der Waals surface area contributed by atoms with Crippen LogP contribution in [0.2, 0.25) is 0 Å². The van der Waals surface area contributed by atoms with Crippen LogP contribution in [0.15, 0.2) is 24.3 Å². The second-order valence-corrected chi connectivity index (χ2v) is 9.49. The van der Waals surface area contributed by atoms with Gasteiger partial charge in [-0.05, 0) is 37.4 Å². The van der Waals surface area contributed by atoms with Gasteiger partial charge in [-0.15, -0.1) is 0 Å². The zero-order valence-electron chi connectivity index (χ0n) is 18.6. The molecule has 1 aliphatic carbocycles. The van der Waals surface area contributed by atoms with Crippen LogP contribution >= 0.6 is 0 Å². The fourth-order valence-corrected chi connectivity index (χ4v) is 5.89. The summed E-state index contributed by atoms with van der Waals surface area (Å²) in [5.74, 6) is 1.63. The summed E-state index contributed by atoms with van der Waals surface area (Å²) < 4.78 is 17.7. The number of piperazine rings is 1. The molecule has 0 radical (unpaired) electrons. The van der Waals surface area contributed by atoms with E-state index in [0.29, 0.717) is 6.61 Å². The number of nitrogens with zero attached hydrogens (tertiary/aromatic N) is 2. The van der Waals surface area contributed by atoms with E-state index in [-0.39, 0.29) is 24.5 Å². The maximum Gasteiger partial charge on any atom is 0.176 e. The Morgan fingerprint density at radius 3 is 2.65 bits per heavy atom. The van der Waals surface area contributed by atoms with Gasteiger partial charge in [0.15, 0.2) is 6.29 Å². The molecule has 2 N–H and O–H groups in total. The van der Waals surface area contributed by atoms with Crippen LogP contribution in [0.3, 0.4) is 0 Å². The summed E-state index contributed by atoms with van der Waals surface area (Å²) >= 11 is 0. The van der Waals surface area contributed by atoms with Crippen molar-refractivity contribution in [2.75, 3.05) is 51.3 Å². The fraction of sp³-hybridized carbons (Fsp3) is 0.750. The van der Waals surface area contributed by atoms with Gasteiger partial charge in [-0.2, -0.15) is 0 Å². The van der Waals surface area contributed by atoms with Crippen molar-refractivity contribution in [3.63, 3.8) is 0 Å². The van der Waals surface area contributed by atoms with Gasteiger partial charge in [-0.3, -0.25) is 4.90 Å². The van der Waals surface area contributed by atoms with Gasteiger partial charge in [0.05, 0.1) is 37.6 Å². The number of rotatable bonds is 6. The molecule has 5 atom stereocenters. The summed E-state index contributed by atoms with van der Waals surface area (Å²) in [5.41, 5.74) is 1.13. The van der Waals surface area contributed by atoms with Crippen molar-refractivity contribution in [3.05, 3.63) is 24.3 Å². The highest BCUT2D eigenvalue weighted by atomic mass is 16.7. The average molecular weight is 432 g/mol. The summed E-state index contributed by atoms with van der Waals surface area (Å²) in [4.78, 5) is 4.72. The molecule has 31 heavy (non-hydrogen) atoms. The van der Waals surface area contributed by atoms with Crippen LogP contribution in [0.1, 0.15) is 32.1 Å². The molecule has 4 aliphatic rings. The van der Waals surface area contributed by atoms with Crippen molar-refractivity contribution in [2.45, 2.75) is 62.7 Å². The second kappa shape index (κ2) is 9.63. The molecule has 7 nitrogen and oxygen atoms in total.